The first-order valence-corrected chi connectivity index (χ1v) is 6.51. The van der Waals surface area contributed by atoms with Crippen molar-refractivity contribution in [3.63, 3.8) is 0 Å². The zero-order valence-corrected chi connectivity index (χ0v) is 10.8. The number of rotatable bonds is 2. The molecule has 1 heterocycles. The van der Waals surface area contributed by atoms with E-state index in [0.29, 0.717) is 12.0 Å². The van der Waals surface area contributed by atoms with Gasteiger partial charge in [-0.1, -0.05) is 25.7 Å². The molecule has 1 aromatic heterocycles. The maximum atomic E-state index is 5.71. The van der Waals surface area contributed by atoms with Gasteiger partial charge in [0.2, 0.25) is 5.95 Å². The highest BCUT2D eigenvalue weighted by atomic mass is 15.2. The average molecular weight is 234 g/mol. The molecule has 2 N–H and O–H groups in total. The third kappa shape index (κ3) is 3.08. The zero-order valence-electron chi connectivity index (χ0n) is 10.8. The highest BCUT2D eigenvalue weighted by Gasteiger charge is 2.18. The lowest BCUT2D eigenvalue weighted by atomic mass is 10.1. The molecule has 0 aliphatic heterocycles. The Kier molecular flexibility index (Phi) is 3.82. The first kappa shape index (κ1) is 12.1. The number of anilines is 2. The number of hydrogen-bond donors (Lipinski definition) is 1. The Morgan fingerprint density at radius 2 is 1.82 bits per heavy atom. The van der Waals surface area contributed by atoms with Crippen molar-refractivity contribution in [2.45, 2.75) is 51.5 Å². The quantitative estimate of drug-likeness (QED) is 0.799. The van der Waals surface area contributed by atoms with Crippen LogP contribution in [0.25, 0.3) is 0 Å². The van der Waals surface area contributed by atoms with E-state index in [4.69, 9.17) is 5.73 Å². The molecule has 0 atom stereocenters. The van der Waals surface area contributed by atoms with Crippen molar-refractivity contribution < 1.29 is 0 Å². The third-order valence-electron chi connectivity index (χ3n) is 3.59. The van der Waals surface area contributed by atoms with Crippen LogP contribution in [0.15, 0.2) is 6.07 Å². The summed E-state index contributed by atoms with van der Waals surface area (Å²) in [6.07, 6.45) is 7.92. The van der Waals surface area contributed by atoms with E-state index in [-0.39, 0.29) is 0 Å². The lowest BCUT2D eigenvalue weighted by Crippen LogP contribution is -2.32. The summed E-state index contributed by atoms with van der Waals surface area (Å²) in [5.74, 6) is 1.34. The fourth-order valence-electron chi connectivity index (χ4n) is 2.59. The first-order chi connectivity index (χ1) is 8.16. The lowest BCUT2D eigenvalue weighted by Gasteiger charge is -2.28. The summed E-state index contributed by atoms with van der Waals surface area (Å²) in [5, 5.41) is 0. The molecule has 94 valence electrons. The smallest absolute Gasteiger partial charge is 0.222 e. The van der Waals surface area contributed by atoms with Crippen molar-refractivity contribution in [1.29, 1.82) is 0 Å². The van der Waals surface area contributed by atoms with Gasteiger partial charge in [0.05, 0.1) is 0 Å². The number of nitrogens with two attached hydrogens (primary N) is 1. The Morgan fingerprint density at radius 1 is 1.18 bits per heavy atom. The Labute approximate surface area is 103 Å². The molecule has 0 amide bonds. The van der Waals surface area contributed by atoms with Crippen LogP contribution in [-0.4, -0.2) is 23.1 Å². The molecule has 0 spiro atoms. The van der Waals surface area contributed by atoms with Gasteiger partial charge in [0.25, 0.3) is 0 Å². The molecule has 1 aromatic rings. The lowest BCUT2D eigenvalue weighted by molar-refractivity contribution is 0.549. The molecule has 0 radical (unpaired) electrons. The summed E-state index contributed by atoms with van der Waals surface area (Å²) in [5.41, 5.74) is 6.65. The van der Waals surface area contributed by atoms with E-state index >= 15 is 0 Å². The number of hydrogen-bond acceptors (Lipinski definition) is 4. The van der Waals surface area contributed by atoms with Crippen molar-refractivity contribution in [3.05, 3.63) is 11.8 Å². The zero-order chi connectivity index (χ0) is 12.3. The highest BCUT2D eigenvalue weighted by Crippen LogP contribution is 2.24. The topological polar surface area (TPSA) is 55.0 Å². The Hall–Kier alpha value is -1.32. The SMILES string of the molecule is Cc1cc(N(C)C2CCCCCC2)nc(N)n1. The highest BCUT2D eigenvalue weighted by molar-refractivity contribution is 5.43. The molecule has 1 saturated carbocycles. The molecule has 17 heavy (non-hydrogen) atoms. The van der Waals surface area contributed by atoms with Crippen LogP contribution >= 0.6 is 0 Å². The summed E-state index contributed by atoms with van der Waals surface area (Å²) < 4.78 is 0. The molecule has 2 rings (SSSR count). The molecule has 0 saturated heterocycles. The van der Waals surface area contributed by atoms with Crippen molar-refractivity contribution in [2.75, 3.05) is 17.7 Å². The maximum Gasteiger partial charge on any atom is 0.222 e. The van der Waals surface area contributed by atoms with Crippen LogP contribution < -0.4 is 10.6 Å². The van der Waals surface area contributed by atoms with E-state index in [2.05, 4.69) is 21.9 Å². The van der Waals surface area contributed by atoms with Crippen LogP contribution in [0.1, 0.15) is 44.2 Å². The molecular weight excluding hydrogens is 212 g/mol. The summed E-state index contributed by atoms with van der Waals surface area (Å²) in [4.78, 5) is 10.7. The second kappa shape index (κ2) is 5.34. The van der Waals surface area contributed by atoms with E-state index in [9.17, 15) is 0 Å². The standard InChI is InChI=1S/C13H22N4/c1-10-9-12(16-13(14)15-10)17(2)11-7-5-3-4-6-8-11/h9,11H,3-8H2,1-2H3,(H2,14,15,16). The second-order valence-corrected chi connectivity index (χ2v) is 4.98. The summed E-state index contributed by atoms with van der Waals surface area (Å²) in [6, 6.07) is 2.62. The molecule has 1 fully saturated rings. The molecule has 0 bridgehead atoms. The normalized spacial score (nSPS) is 17.8. The van der Waals surface area contributed by atoms with Gasteiger partial charge in [0, 0.05) is 24.8 Å². The van der Waals surface area contributed by atoms with E-state index in [1.54, 1.807) is 0 Å². The minimum Gasteiger partial charge on any atom is -0.368 e. The number of nitrogens with zero attached hydrogens (tertiary/aromatic N) is 3. The van der Waals surface area contributed by atoms with Gasteiger partial charge in [0.1, 0.15) is 5.82 Å². The predicted octanol–water partition coefficient (Wildman–Crippen LogP) is 2.53. The van der Waals surface area contributed by atoms with Gasteiger partial charge in [-0.15, -0.1) is 0 Å². The van der Waals surface area contributed by atoms with Gasteiger partial charge in [-0.2, -0.15) is 4.98 Å². The molecule has 4 nitrogen and oxygen atoms in total. The minimum absolute atomic E-state index is 0.375. The van der Waals surface area contributed by atoms with Gasteiger partial charge < -0.3 is 10.6 Å². The van der Waals surface area contributed by atoms with Crippen molar-refractivity contribution in [3.8, 4) is 0 Å². The Bertz CT molecular complexity index is 349. The van der Waals surface area contributed by atoms with Gasteiger partial charge in [0.15, 0.2) is 0 Å². The van der Waals surface area contributed by atoms with Gasteiger partial charge >= 0.3 is 0 Å². The Morgan fingerprint density at radius 3 is 2.41 bits per heavy atom. The third-order valence-corrected chi connectivity index (χ3v) is 3.59. The fourth-order valence-corrected chi connectivity index (χ4v) is 2.59. The predicted molar refractivity (Wildman–Crippen MR) is 71.1 cm³/mol. The Balaban J connectivity index is 2.14. The fraction of sp³-hybridized carbons (Fsp3) is 0.692. The van der Waals surface area contributed by atoms with Crippen LogP contribution in [0.2, 0.25) is 0 Å². The number of aryl methyl sites for hydroxylation is 1. The van der Waals surface area contributed by atoms with E-state index in [1.807, 2.05) is 13.0 Å². The van der Waals surface area contributed by atoms with Crippen molar-refractivity contribution in [1.82, 2.24) is 9.97 Å². The monoisotopic (exact) mass is 234 g/mol. The largest absolute Gasteiger partial charge is 0.368 e. The van der Waals surface area contributed by atoms with E-state index < -0.39 is 0 Å². The molecule has 4 heteroatoms. The van der Waals surface area contributed by atoms with Crippen LogP contribution in [-0.2, 0) is 0 Å². The molecule has 1 aliphatic carbocycles. The first-order valence-electron chi connectivity index (χ1n) is 6.51. The molecule has 1 aliphatic rings. The summed E-state index contributed by atoms with van der Waals surface area (Å²) in [7, 11) is 2.12. The van der Waals surface area contributed by atoms with Crippen molar-refractivity contribution in [2.24, 2.45) is 0 Å². The van der Waals surface area contributed by atoms with Crippen LogP contribution in [0.5, 0.6) is 0 Å². The van der Waals surface area contributed by atoms with Gasteiger partial charge in [-0.05, 0) is 19.8 Å². The van der Waals surface area contributed by atoms with Gasteiger partial charge in [-0.3, -0.25) is 0 Å². The minimum atomic E-state index is 0.375. The van der Waals surface area contributed by atoms with Crippen LogP contribution in [0.4, 0.5) is 11.8 Å². The molecule has 0 unspecified atom stereocenters. The van der Waals surface area contributed by atoms with E-state index in [0.717, 1.165) is 11.5 Å². The summed E-state index contributed by atoms with van der Waals surface area (Å²) in [6.45, 7) is 1.96. The van der Waals surface area contributed by atoms with Gasteiger partial charge in [-0.25, -0.2) is 4.98 Å². The van der Waals surface area contributed by atoms with Crippen LogP contribution in [0.3, 0.4) is 0 Å². The molecular formula is C13H22N4. The molecule has 0 aromatic carbocycles. The number of nitrogen functional groups attached to an aromatic ring is 1. The van der Waals surface area contributed by atoms with Crippen molar-refractivity contribution >= 4 is 11.8 Å². The second-order valence-electron chi connectivity index (χ2n) is 4.98. The average Bonchev–Trinajstić information content (AvgIpc) is 2.55. The van der Waals surface area contributed by atoms with Crippen LogP contribution in [0, 0.1) is 6.92 Å². The number of aromatic nitrogens is 2. The maximum absolute atomic E-state index is 5.71. The van der Waals surface area contributed by atoms with E-state index in [1.165, 1.54) is 38.5 Å². The summed E-state index contributed by atoms with van der Waals surface area (Å²) >= 11 is 0.